The van der Waals surface area contributed by atoms with Gasteiger partial charge in [0.05, 0.1) is 5.54 Å². The molecule has 1 unspecified atom stereocenters. The van der Waals surface area contributed by atoms with E-state index in [-0.39, 0.29) is 23.3 Å². The lowest BCUT2D eigenvalue weighted by molar-refractivity contribution is -0.122. The summed E-state index contributed by atoms with van der Waals surface area (Å²) in [6.07, 6.45) is 4.70. The maximum Gasteiger partial charge on any atom is 0.256 e. The number of halogens is 1. The quantitative estimate of drug-likeness (QED) is 0.497. The van der Waals surface area contributed by atoms with Gasteiger partial charge in [-0.25, -0.2) is 10.2 Å². The van der Waals surface area contributed by atoms with Crippen molar-refractivity contribution in [1.82, 2.24) is 5.43 Å². The zero-order chi connectivity index (χ0) is 17.2. The maximum atomic E-state index is 13.7. The van der Waals surface area contributed by atoms with Gasteiger partial charge in [0.1, 0.15) is 11.9 Å². The first-order chi connectivity index (χ1) is 10.8. The fraction of sp³-hybridized carbons (Fsp3) is 0.500. The number of nitrogens with zero attached hydrogens (tertiary/aromatic N) is 1. The van der Waals surface area contributed by atoms with Crippen molar-refractivity contribution >= 4 is 17.2 Å². The van der Waals surface area contributed by atoms with Crippen LogP contribution >= 0.6 is 0 Å². The fourth-order valence-electron chi connectivity index (χ4n) is 3.46. The molecule has 2 rings (SSSR count). The van der Waals surface area contributed by atoms with Crippen molar-refractivity contribution in [2.75, 3.05) is 4.90 Å². The molecule has 0 saturated carbocycles. The lowest BCUT2D eigenvalue weighted by Gasteiger charge is -2.47. The second-order valence-electron chi connectivity index (χ2n) is 6.68. The third kappa shape index (κ3) is 3.39. The number of carbonyl (C=O) groups excluding carboxylic acids is 1. The molecule has 1 heterocycles. The third-order valence-electron chi connectivity index (χ3n) is 4.42. The standard InChI is InChI=1S/C18H26FN3O/c1-5-6-7-16(17(23)21-20)22-15-9-8-13(19)10-14(15)12(2)11-18(22,3)4/h8-11,16H,5-7,20H2,1-4H3,(H,21,23). The Morgan fingerprint density at radius 1 is 1.43 bits per heavy atom. The normalized spacial score (nSPS) is 17.3. The van der Waals surface area contributed by atoms with Gasteiger partial charge in [0.2, 0.25) is 0 Å². The van der Waals surface area contributed by atoms with Crippen molar-refractivity contribution in [3.8, 4) is 0 Å². The van der Waals surface area contributed by atoms with E-state index in [1.54, 1.807) is 6.07 Å². The smallest absolute Gasteiger partial charge is 0.256 e. The molecule has 5 heteroatoms. The first-order valence-electron chi connectivity index (χ1n) is 8.11. The summed E-state index contributed by atoms with van der Waals surface area (Å²) >= 11 is 0. The summed E-state index contributed by atoms with van der Waals surface area (Å²) in [6, 6.07) is 4.34. The molecular formula is C18H26FN3O. The number of fused-ring (bicyclic) bond motifs is 1. The van der Waals surface area contributed by atoms with Crippen LogP contribution in [0.3, 0.4) is 0 Å². The molecule has 3 N–H and O–H groups in total. The molecule has 0 aliphatic carbocycles. The molecule has 1 aromatic rings. The van der Waals surface area contributed by atoms with E-state index >= 15 is 0 Å². The number of anilines is 1. The largest absolute Gasteiger partial charge is 0.350 e. The lowest BCUT2D eigenvalue weighted by Crippen LogP contribution is -2.57. The fourth-order valence-corrected chi connectivity index (χ4v) is 3.46. The first-order valence-corrected chi connectivity index (χ1v) is 8.11. The van der Waals surface area contributed by atoms with Crippen molar-refractivity contribution < 1.29 is 9.18 Å². The second-order valence-corrected chi connectivity index (χ2v) is 6.68. The van der Waals surface area contributed by atoms with Crippen molar-refractivity contribution in [2.24, 2.45) is 5.84 Å². The molecule has 0 bridgehead atoms. The lowest BCUT2D eigenvalue weighted by atomic mass is 9.86. The number of hydrazine groups is 1. The van der Waals surface area contributed by atoms with Crippen LogP contribution in [0, 0.1) is 5.82 Å². The molecule has 1 atom stereocenters. The third-order valence-corrected chi connectivity index (χ3v) is 4.42. The van der Waals surface area contributed by atoms with Crippen LogP contribution in [-0.2, 0) is 4.79 Å². The highest BCUT2D eigenvalue weighted by Gasteiger charge is 2.38. The molecule has 1 aromatic carbocycles. The summed E-state index contributed by atoms with van der Waals surface area (Å²) in [5.74, 6) is 4.92. The zero-order valence-corrected chi connectivity index (χ0v) is 14.3. The predicted molar refractivity (Wildman–Crippen MR) is 92.3 cm³/mol. The summed E-state index contributed by atoms with van der Waals surface area (Å²) in [4.78, 5) is 14.5. The number of hydrogen-bond donors (Lipinski definition) is 2. The van der Waals surface area contributed by atoms with E-state index in [1.807, 2.05) is 6.92 Å². The van der Waals surface area contributed by atoms with Crippen LogP contribution in [0.4, 0.5) is 10.1 Å². The number of amides is 1. The summed E-state index contributed by atoms with van der Waals surface area (Å²) < 4.78 is 13.7. The van der Waals surface area contributed by atoms with Gasteiger partial charge in [0, 0.05) is 11.3 Å². The monoisotopic (exact) mass is 319 g/mol. The Balaban J connectivity index is 2.55. The van der Waals surface area contributed by atoms with E-state index in [0.29, 0.717) is 6.42 Å². The van der Waals surface area contributed by atoms with Gasteiger partial charge in [0.15, 0.2) is 0 Å². The SMILES string of the molecule is CCCCC(C(=O)NN)N1c2ccc(F)cc2C(C)=CC1(C)C. The van der Waals surface area contributed by atoms with Crippen LogP contribution in [0.15, 0.2) is 24.3 Å². The summed E-state index contributed by atoms with van der Waals surface area (Å²) in [6.45, 7) is 8.19. The molecule has 126 valence electrons. The second kappa shape index (κ2) is 6.71. The zero-order valence-electron chi connectivity index (χ0n) is 14.3. The van der Waals surface area contributed by atoms with Gasteiger partial charge in [-0.3, -0.25) is 10.2 Å². The number of benzene rings is 1. The average Bonchev–Trinajstić information content (AvgIpc) is 2.49. The Hall–Kier alpha value is -1.88. The summed E-state index contributed by atoms with van der Waals surface area (Å²) in [5, 5.41) is 0. The van der Waals surface area contributed by atoms with Crippen LogP contribution in [0.2, 0.25) is 0 Å². The van der Waals surface area contributed by atoms with Crippen LogP contribution in [0.5, 0.6) is 0 Å². The highest BCUT2D eigenvalue weighted by molar-refractivity contribution is 5.89. The van der Waals surface area contributed by atoms with Crippen molar-refractivity contribution in [3.05, 3.63) is 35.7 Å². The number of hydrogen-bond acceptors (Lipinski definition) is 3. The molecule has 0 fully saturated rings. The first kappa shape index (κ1) is 17.5. The van der Waals surface area contributed by atoms with E-state index in [0.717, 1.165) is 29.7 Å². The topological polar surface area (TPSA) is 58.4 Å². The van der Waals surface area contributed by atoms with Crippen molar-refractivity contribution in [1.29, 1.82) is 0 Å². The predicted octanol–water partition coefficient (Wildman–Crippen LogP) is 3.38. The molecule has 1 amide bonds. The highest BCUT2D eigenvalue weighted by Crippen LogP contribution is 2.41. The Bertz CT molecular complexity index is 625. The van der Waals surface area contributed by atoms with Crippen LogP contribution in [0.1, 0.15) is 52.5 Å². The van der Waals surface area contributed by atoms with Crippen molar-refractivity contribution in [2.45, 2.75) is 58.5 Å². The molecule has 0 radical (unpaired) electrons. The van der Waals surface area contributed by atoms with Gasteiger partial charge in [-0.15, -0.1) is 0 Å². The molecule has 4 nitrogen and oxygen atoms in total. The van der Waals surface area contributed by atoms with Gasteiger partial charge in [-0.1, -0.05) is 25.8 Å². The molecular weight excluding hydrogens is 293 g/mol. The number of nitrogens with one attached hydrogen (secondary N) is 1. The van der Waals surface area contributed by atoms with Gasteiger partial charge in [-0.05, 0) is 51.0 Å². The number of carbonyl (C=O) groups is 1. The van der Waals surface area contributed by atoms with Crippen LogP contribution < -0.4 is 16.2 Å². The number of unbranched alkanes of at least 4 members (excludes halogenated alkanes) is 1. The van der Waals surface area contributed by atoms with Crippen molar-refractivity contribution in [3.63, 3.8) is 0 Å². The van der Waals surface area contributed by atoms with E-state index in [9.17, 15) is 9.18 Å². The minimum absolute atomic E-state index is 0.213. The molecule has 1 aliphatic heterocycles. The van der Waals surface area contributed by atoms with E-state index < -0.39 is 0 Å². The minimum atomic E-state index is -0.386. The van der Waals surface area contributed by atoms with Gasteiger partial charge in [0.25, 0.3) is 5.91 Å². The van der Waals surface area contributed by atoms with Gasteiger partial charge >= 0.3 is 0 Å². The molecule has 0 spiro atoms. The molecule has 23 heavy (non-hydrogen) atoms. The maximum absolute atomic E-state index is 13.7. The number of rotatable bonds is 5. The van der Waals surface area contributed by atoms with Gasteiger partial charge in [-0.2, -0.15) is 0 Å². The number of allylic oxidation sites excluding steroid dienone is 1. The minimum Gasteiger partial charge on any atom is -0.350 e. The van der Waals surface area contributed by atoms with E-state index in [1.165, 1.54) is 12.1 Å². The Kier molecular flexibility index (Phi) is 5.09. The Labute approximate surface area is 137 Å². The summed E-state index contributed by atoms with van der Waals surface area (Å²) in [5.41, 5.74) is 4.65. The van der Waals surface area contributed by atoms with E-state index in [4.69, 9.17) is 5.84 Å². The molecule has 1 aliphatic rings. The van der Waals surface area contributed by atoms with Gasteiger partial charge < -0.3 is 4.90 Å². The highest BCUT2D eigenvalue weighted by atomic mass is 19.1. The van der Waals surface area contributed by atoms with Crippen LogP contribution in [-0.4, -0.2) is 17.5 Å². The summed E-state index contributed by atoms with van der Waals surface area (Å²) in [7, 11) is 0. The molecule has 0 aromatic heterocycles. The van der Waals surface area contributed by atoms with Crippen LogP contribution in [0.25, 0.3) is 5.57 Å². The van der Waals surface area contributed by atoms with E-state index in [2.05, 4.69) is 37.2 Å². The molecule has 0 saturated heterocycles. The Morgan fingerprint density at radius 3 is 2.74 bits per heavy atom. The average molecular weight is 319 g/mol. The number of nitrogens with two attached hydrogens (primary N) is 1. The Morgan fingerprint density at radius 2 is 2.13 bits per heavy atom.